The fourth-order valence-electron chi connectivity index (χ4n) is 5.53. The van der Waals surface area contributed by atoms with E-state index in [4.69, 9.17) is 0 Å². The minimum Gasteiger partial charge on any atom is -0.345 e. The Labute approximate surface area is 244 Å². The van der Waals surface area contributed by atoms with Gasteiger partial charge in [-0.1, -0.05) is 91.6 Å². The molecule has 41 heavy (non-hydrogen) atoms. The maximum atomic E-state index is 4.07. The second kappa shape index (κ2) is 11.7. The van der Waals surface area contributed by atoms with Crippen molar-refractivity contribution < 1.29 is 0 Å². The number of fused-ring (bicyclic) bond motifs is 1. The van der Waals surface area contributed by atoms with E-state index >= 15 is 0 Å². The number of nitrogens with zero attached hydrogens (tertiary/aromatic N) is 2. The molecule has 2 nitrogen and oxygen atoms in total. The van der Waals surface area contributed by atoms with Gasteiger partial charge in [-0.25, -0.2) is 0 Å². The lowest BCUT2D eigenvalue weighted by Crippen LogP contribution is -2.14. The molecule has 0 bridgehead atoms. The summed E-state index contributed by atoms with van der Waals surface area (Å²) in [6.45, 7) is 6.10. The van der Waals surface area contributed by atoms with Gasteiger partial charge in [0.25, 0.3) is 0 Å². The fraction of sp³-hybridized carbons (Fsp3) is 0.128. The fourth-order valence-corrected chi connectivity index (χ4v) is 5.53. The molecule has 6 rings (SSSR count). The van der Waals surface area contributed by atoms with Crippen molar-refractivity contribution in [1.82, 2.24) is 0 Å². The van der Waals surface area contributed by atoms with Crippen LogP contribution in [0.1, 0.15) is 18.9 Å². The van der Waals surface area contributed by atoms with Crippen LogP contribution in [-0.4, -0.2) is 7.05 Å². The summed E-state index contributed by atoms with van der Waals surface area (Å²) in [6, 6.07) is 36.8. The monoisotopic (exact) mass is 532 g/mol. The Morgan fingerprint density at radius 2 is 1.39 bits per heavy atom. The van der Waals surface area contributed by atoms with E-state index < -0.39 is 0 Å². The summed E-state index contributed by atoms with van der Waals surface area (Å²) >= 11 is 0. The molecule has 4 aromatic carbocycles. The van der Waals surface area contributed by atoms with Gasteiger partial charge in [0.15, 0.2) is 0 Å². The molecule has 2 atom stereocenters. The highest BCUT2D eigenvalue weighted by atomic mass is 15.1. The highest BCUT2D eigenvalue weighted by Crippen LogP contribution is 2.46. The molecule has 2 aliphatic carbocycles. The van der Waals surface area contributed by atoms with Crippen LogP contribution < -0.4 is 9.80 Å². The van der Waals surface area contributed by atoms with Gasteiger partial charge in [-0.3, -0.25) is 0 Å². The Hall–Kier alpha value is -4.82. The van der Waals surface area contributed by atoms with Crippen LogP contribution in [0.25, 0.3) is 16.7 Å². The van der Waals surface area contributed by atoms with Crippen LogP contribution in [0.15, 0.2) is 158 Å². The van der Waals surface area contributed by atoms with E-state index in [0.717, 1.165) is 34.6 Å². The molecule has 0 saturated heterocycles. The molecule has 0 radical (unpaired) electrons. The first kappa shape index (κ1) is 26.4. The zero-order chi connectivity index (χ0) is 28.2. The second-order valence-electron chi connectivity index (χ2n) is 10.7. The molecule has 0 spiro atoms. The topological polar surface area (TPSA) is 6.48 Å². The average Bonchev–Trinajstić information content (AvgIpc) is 3.83. The van der Waals surface area contributed by atoms with E-state index in [0.29, 0.717) is 0 Å². The number of para-hydroxylation sites is 1. The van der Waals surface area contributed by atoms with Crippen molar-refractivity contribution in [1.29, 1.82) is 0 Å². The van der Waals surface area contributed by atoms with Crippen molar-refractivity contribution in [2.45, 2.75) is 13.3 Å². The number of hydrogen-bond acceptors (Lipinski definition) is 2. The van der Waals surface area contributed by atoms with Gasteiger partial charge in [0.1, 0.15) is 0 Å². The molecule has 2 unspecified atom stereocenters. The van der Waals surface area contributed by atoms with E-state index in [1.54, 1.807) is 0 Å². The zero-order valence-electron chi connectivity index (χ0n) is 23.8. The molecular weight excluding hydrogens is 496 g/mol. The van der Waals surface area contributed by atoms with Crippen LogP contribution >= 0.6 is 0 Å². The minimum atomic E-state index is 0.748. The highest BCUT2D eigenvalue weighted by Gasteiger charge is 2.35. The molecule has 2 heteroatoms. The predicted molar refractivity (Wildman–Crippen MR) is 177 cm³/mol. The Morgan fingerprint density at radius 1 is 0.732 bits per heavy atom. The van der Waals surface area contributed by atoms with Crippen molar-refractivity contribution in [2.75, 3.05) is 16.8 Å². The largest absolute Gasteiger partial charge is 0.345 e. The van der Waals surface area contributed by atoms with Crippen LogP contribution in [0.3, 0.4) is 0 Å². The Morgan fingerprint density at radius 3 is 2.05 bits per heavy atom. The van der Waals surface area contributed by atoms with E-state index in [1.165, 1.54) is 34.4 Å². The zero-order valence-corrected chi connectivity index (χ0v) is 23.8. The summed E-state index contributed by atoms with van der Waals surface area (Å²) < 4.78 is 0. The van der Waals surface area contributed by atoms with Crippen molar-refractivity contribution in [3.8, 4) is 11.1 Å². The number of hydrogen-bond donors (Lipinski definition) is 0. The van der Waals surface area contributed by atoms with E-state index in [9.17, 15) is 0 Å². The molecule has 4 aromatic rings. The maximum Gasteiger partial charge on any atom is 0.0462 e. The molecule has 2 aliphatic rings. The van der Waals surface area contributed by atoms with Gasteiger partial charge < -0.3 is 9.80 Å². The van der Waals surface area contributed by atoms with Crippen LogP contribution in [-0.2, 0) is 0 Å². The summed E-state index contributed by atoms with van der Waals surface area (Å²) in [4.78, 5) is 4.49. The van der Waals surface area contributed by atoms with Crippen molar-refractivity contribution in [2.24, 2.45) is 11.8 Å². The summed E-state index contributed by atoms with van der Waals surface area (Å²) in [6.07, 6.45) is 16.5. The van der Waals surface area contributed by atoms with Gasteiger partial charge in [0, 0.05) is 35.5 Å². The van der Waals surface area contributed by atoms with Crippen LogP contribution in [0, 0.1) is 11.8 Å². The standard InChI is InChI=1S/C39H36N2/c1-4-6-12-35(5-2)41(37-13-8-7-9-14-37)38-24-20-30(21-25-38)29-18-22-36(23-19-29)40(3)39-15-10-11-31(28-39)32-16-17-33-27-34(33)26-32/h4-26,28,33-34H,2,27H2,1,3H3/b6-4-,35-12+. The van der Waals surface area contributed by atoms with Gasteiger partial charge >= 0.3 is 0 Å². The molecule has 0 amide bonds. The Bertz CT molecular complexity index is 1640. The lowest BCUT2D eigenvalue weighted by Gasteiger charge is -2.26. The summed E-state index contributed by atoms with van der Waals surface area (Å²) in [7, 11) is 2.14. The lowest BCUT2D eigenvalue weighted by molar-refractivity contribution is 0.984. The van der Waals surface area contributed by atoms with Crippen LogP contribution in [0.5, 0.6) is 0 Å². The van der Waals surface area contributed by atoms with Crippen molar-refractivity contribution >= 4 is 28.3 Å². The van der Waals surface area contributed by atoms with Crippen molar-refractivity contribution in [3.63, 3.8) is 0 Å². The van der Waals surface area contributed by atoms with Gasteiger partial charge in [0.2, 0.25) is 0 Å². The third-order valence-corrected chi connectivity index (χ3v) is 8.03. The number of allylic oxidation sites excluding steroid dienone is 8. The maximum absolute atomic E-state index is 4.07. The van der Waals surface area contributed by atoms with E-state index in [-0.39, 0.29) is 0 Å². The van der Waals surface area contributed by atoms with Gasteiger partial charge in [0.05, 0.1) is 0 Å². The van der Waals surface area contributed by atoms with Crippen molar-refractivity contribution in [3.05, 3.63) is 163 Å². The second-order valence-corrected chi connectivity index (χ2v) is 10.7. The number of rotatable bonds is 9. The van der Waals surface area contributed by atoms with Gasteiger partial charge in [-0.15, -0.1) is 0 Å². The molecule has 202 valence electrons. The van der Waals surface area contributed by atoms with Crippen LogP contribution in [0.2, 0.25) is 0 Å². The first-order valence-corrected chi connectivity index (χ1v) is 14.4. The quantitative estimate of drug-likeness (QED) is 0.198. The van der Waals surface area contributed by atoms with Gasteiger partial charge in [-0.2, -0.15) is 0 Å². The first-order valence-electron chi connectivity index (χ1n) is 14.4. The highest BCUT2D eigenvalue weighted by molar-refractivity contribution is 5.79. The molecular formula is C39H36N2. The minimum absolute atomic E-state index is 0.748. The summed E-state index contributed by atoms with van der Waals surface area (Å²) in [5.41, 5.74) is 10.6. The number of anilines is 4. The normalized spacial score (nSPS) is 17.6. The third kappa shape index (κ3) is 5.73. The smallest absolute Gasteiger partial charge is 0.0462 e. The molecule has 0 aromatic heterocycles. The first-order chi connectivity index (χ1) is 20.1. The van der Waals surface area contributed by atoms with Gasteiger partial charge in [-0.05, 0) is 108 Å². The molecule has 0 heterocycles. The third-order valence-electron chi connectivity index (χ3n) is 8.03. The summed E-state index contributed by atoms with van der Waals surface area (Å²) in [5, 5.41) is 0. The molecule has 0 aliphatic heterocycles. The predicted octanol–water partition coefficient (Wildman–Crippen LogP) is 10.5. The number of benzene rings is 4. The molecule has 0 N–H and O–H groups in total. The SMILES string of the molecule is C=C/C(=C\C=C/C)N(c1ccccc1)c1ccc(-c2ccc(N(C)c3cccc(C4=CC5CC5C=C4)c3)cc2)cc1. The Kier molecular flexibility index (Phi) is 7.56. The molecule has 1 saturated carbocycles. The van der Waals surface area contributed by atoms with E-state index in [1.807, 2.05) is 31.2 Å². The Balaban J connectivity index is 1.22. The summed E-state index contributed by atoms with van der Waals surface area (Å²) in [5.74, 6) is 1.53. The molecule has 1 fully saturated rings. The van der Waals surface area contributed by atoms with Crippen LogP contribution in [0.4, 0.5) is 22.7 Å². The average molecular weight is 533 g/mol. The van der Waals surface area contributed by atoms with E-state index in [2.05, 4.69) is 145 Å². The lowest BCUT2D eigenvalue weighted by atomic mass is 9.99.